The van der Waals surface area contributed by atoms with Crippen molar-refractivity contribution in [3.05, 3.63) is 22.4 Å². The van der Waals surface area contributed by atoms with Crippen LogP contribution < -0.4 is 5.73 Å². The van der Waals surface area contributed by atoms with Crippen LogP contribution in [0.2, 0.25) is 0 Å². The topological polar surface area (TPSA) is 49.6 Å². The Kier molecular flexibility index (Phi) is 4.74. The van der Waals surface area contributed by atoms with E-state index >= 15 is 0 Å². The van der Waals surface area contributed by atoms with Crippen LogP contribution in [0.3, 0.4) is 0 Å². The molecule has 4 nitrogen and oxygen atoms in total. The Hall–Kier alpha value is -0.910. The lowest BCUT2D eigenvalue weighted by Crippen LogP contribution is -2.39. The molecule has 0 aromatic carbocycles. The molecule has 1 aromatic rings. The average Bonchev–Trinajstić information content (AvgIpc) is 3.00. The molecular weight excluding hydrogens is 246 g/mol. The van der Waals surface area contributed by atoms with Crippen molar-refractivity contribution in [2.24, 2.45) is 5.73 Å². The van der Waals surface area contributed by atoms with Crippen LogP contribution in [-0.2, 0) is 4.79 Å². The molecule has 5 heteroatoms. The van der Waals surface area contributed by atoms with Gasteiger partial charge in [-0.05, 0) is 31.3 Å². The molecule has 0 radical (unpaired) electrons. The van der Waals surface area contributed by atoms with E-state index in [1.54, 1.807) is 11.3 Å². The maximum atomic E-state index is 12.3. The van der Waals surface area contributed by atoms with E-state index in [1.165, 1.54) is 4.88 Å². The van der Waals surface area contributed by atoms with E-state index in [-0.39, 0.29) is 5.91 Å². The molecule has 1 aromatic heterocycles. The fraction of sp³-hybridized carbons (Fsp3) is 0.615. The first-order valence-electron chi connectivity index (χ1n) is 6.44. The van der Waals surface area contributed by atoms with Gasteiger partial charge in [-0.1, -0.05) is 6.07 Å². The minimum atomic E-state index is 0.224. The molecule has 1 amide bonds. The van der Waals surface area contributed by atoms with Gasteiger partial charge in [0.15, 0.2) is 0 Å². The van der Waals surface area contributed by atoms with E-state index in [0.29, 0.717) is 19.1 Å². The summed E-state index contributed by atoms with van der Waals surface area (Å²) in [5.74, 6) is 0.224. The second-order valence-electron chi connectivity index (χ2n) is 4.79. The first-order chi connectivity index (χ1) is 8.72. The summed E-state index contributed by atoms with van der Waals surface area (Å²) in [5.41, 5.74) is 5.50. The fourth-order valence-corrected chi connectivity index (χ4v) is 3.34. The molecule has 0 bridgehead atoms. The van der Waals surface area contributed by atoms with Crippen LogP contribution >= 0.6 is 11.3 Å². The minimum Gasteiger partial charge on any atom is -0.334 e. The van der Waals surface area contributed by atoms with Crippen LogP contribution in [-0.4, -0.2) is 48.9 Å². The van der Waals surface area contributed by atoms with Gasteiger partial charge in [-0.25, -0.2) is 0 Å². The van der Waals surface area contributed by atoms with Gasteiger partial charge in [0.25, 0.3) is 0 Å². The van der Waals surface area contributed by atoms with Crippen molar-refractivity contribution in [2.75, 3.05) is 33.2 Å². The molecule has 18 heavy (non-hydrogen) atoms. The lowest BCUT2D eigenvalue weighted by atomic mass is 10.2. The summed E-state index contributed by atoms with van der Waals surface area (Å²) >= 11 is 1.74. The van der Waals surface area contributed by atoms with E-state index in [0.717, 1.165) is 25.9 Å². The van der Waals surface area contributed by atoms with E-state index in [9.17, 15) is 4.79 Å². The number of amides is 1. The molecule has 1 unspecified atom stereocenters. The highest BCUT2D eigenvalue weighted by Gasteiger charge is 2.30. The molecule has 1 saturated heterocycles. The Bertz CT molecular complexity index is 380. The number of carbonyl (C=O) groups excluding carboxylic acids is 1. The van der Waals surface area contributed by atoms with Crippen LogP contribution in [0, 0.1) is 0 Å². The number of carbonyl (C=O) groups is 1. The molecule has 2 rings (SSSR count). The SMILES string of the molecule is CN(CCN)CC(=O)N1CCCC1c1cccs1. The molecule has 1 atom stereocenters. The van der Waals surface area contributed by atoms with E-state index in [1.807, 2.05) is 16.8 Å². The van der Waals surface area contributed by atoms with E-state index in [2.05, 4.69) is 17.5 Å². The Morgan fingerprint density at radius 1 is 1.67 bits per heavy atom. The molecule has 0 saturated carbocycles. The molecule has 0 aliphatic carbocycles. The highest BCUT2D eigenvalue weighted by molar-refractivity contribution is 7.10. The third-order valence-electron chi connectivity index (χ3n) is 3.36. The number of thiophene rings is 1. The lowest BCUT2D eigenvalue weighted by molar-refractivity contribution is -0.133. The van der Waals surface area contributed by atoms with Crippen LogP contribution in [0.25, 0.3) is 0 Å². The highest BCUT2D eigenvalue weighted by atomic mass is 32.1. The molecule has 1 aliphatic heterocycles. The Labute approximate surface area is 112 Å². The van der Waals surface area contributed by atoms with Crippen molar-refractivity contribution in [1.29, 1.82) is 0 Å². The first-order valence-corrected chi connectivity index (χ1v) is 7.32. The van der Waals surface area contributed by atoms with Crippen LogP contribution in [0.4, 0.5) is 0 Å². The normalized spacial score (nSPS) is 19.7. The zero-order chi connectivity index (χ0) is 13.0. The zero-order valence-electron chi connectivity index (χ0n) is 10.8. The van der Waals surface area contributed by atoms with Crippen LogP contribution in [0.15, 0.2) is 17.5 Å². The summed E-state index contributed by atoms with van der Waals surface area (Å²) in [5, 5.41) is 2.08. The van der Waals surface area contributed by atoms with Crippen molar-refractivity contribution in [1.82, 2.24) is 9.80 Å². The highest BCUT2D eigenvalue weighted by Crippen LogP contribution is 2.34. The summed E-state index contributed by atoms with van der Waals surface area (Å²) in [7, 11) is 1.95. The first kappa shape index (κ1) is 13.5. The summed E-state index contributed by atoms with van der Waals surface area (Å²) < 4.78 is 0. The van der Waals surface area contributed by atoms with Crippen molar-refractivity contribution >= 4 is 17.2 Å². The predicted molar refractivity (Wildman–Crippen MR) is 74.6 cm³/mol. The molecular formula is C13H21N3OS. The third kappa shape index (κ3) is 3.10. The van der Waals surface area contributed by atoms with Gasteiger partial charge in [0.1, 0.15) is 0 Å². The quantitative estimate of drug-likeness (QED) is 0.875. The van der Waals surface area contributed by atoms with E-state index in [4.69, 9.17) is 5.73 Å². The Morgan fingerprint density at radius 3 is 3.17 bits per heavy atom. The fourth-order valence-electron chi connectivity index (χ4n) is 2.46. The van der Waals surface area contributed by atoms with Gasteiger partial charge < -0.3 is 10.6 Å². The zero-order valence-corrected chi connectivity index (χ0v) is 11.7. The standard InChI is InChI=1S/C13H21N3OS/c1-15(8-6-14)10-13(17)16-7-2-4-11(16)12-5-3-9-18-12/h3,5,9,11H,2,4,6-8,10,14H2,1H3. The predicted octanol–water partition coefficient (Wildman–Crippen LogP) is 1.30. The molecule has 1 aliphatic rings. The summed E-state index contributed by atoms with van der Waals surface area (Å²) in [4.78, 5) is 17.6. The third-order valence-corrected chi connectivity index (χ3v) is 4.33. The van der Waals surface area contributed by atoms with Gasteiger partial charge >= 0.3 is 0 Å². The van der Waals surface area contributed by atoms with Crippen molar-refractivity contribution in [2.45, 2.75) is 18.9 Å². The summed E-state index contributed by atoms with van der Waals surface area (Å²) in [6.07, 6.45) is 2.20. The van der Waals surface area contributed by atoms with Gasteiger partial charge in [-0.3, -0.25) is 9.69 Å². The van der Waals surface area contributed by atoms with E-state index < -0.39 is 0 Å². The monoisotopic (exact) mass is 267 g/mol. The van der Waals surface area contributed by atoms with Crippen molar-refractivity contribution < 1.29 is 4.79 Å². The largest absolute Gasteiger partial charge is 0.334 e. The van der Waals surface area contributed by atoms with Gasteiger partial charge in [-0.15, -0.1) is 11.3 Å². The van der Waals surface area contributed by atoms with Gasteiger partial charge in [0.05, 0.1) is 12.6 Å². The number of hydrogen-bond acceptors (Lipinski definition) is 4. The van der Waals surface area contributed by atoms with Crippen LogP contribution in [0.5, 0.6) is 0 Å². The molecule has 100 valence electrons. The molecule has 1 fully saturated rings. The number of hydrogen-bond donors (Lipinski definition) is 1. The lowest BCUT2D eigenvalue weighted by Gasteiger charge is -2.26. The molecule has 2 heterocycles. The van der Waals surface area contributed by atoms with Gasteiger partial charge in [-0.2, -0.15) is 0 Å². The maximum absolute atomic E-state index is 12.3. The average molecular weight is 267 g/mol. The number of rotatable bonds is 5. The smallest absolute Gasteiger partial charge is 0.237 e. The number of likely N-dealkylation sites (tertiary alicyclic amines) is 1. The summed E-state index contributed by atoms with van der Waals surface area (Å²) in [6, 6.07) is 4.48. The Balaban J connectivity index is 1.97. The summed E-state index contributed by atoms with van der Waals surface area (Å²) in [6.45, 7) is 2.72. The molecule has 2 N–H and O–H groups in total. The number of nitrogens with zero attached hydrogens (tertiary/aromatic N) is 2. The second kappa shape index (κ2) is 6.31. The van der Waals surface area contributed by atoms with Crippen molar-refractivity contribution in [3.8, 4) is 0 Å². The van der Waals surface area contributed by atoms with Gasteiger partial charge in [0.2, 0.25) is 5.91 Å². The maximum Gasteiger partial charge on any atom is 0.237 e. The van der Waals surface area contributed by atoms with Crippen LogP contribution in [0.1, 0.15) is 23.8 Å². The van der Waals surface area contributed by atoms with Crippen molar-refractivity contribution in [3.63, 3.8) is 0 Å². The Morgan fingerprint density at radius 2 is 2.50 bits per heavy atom. The van der Waals surface area contributed by atoms with Gasteiger partial charge in [0, 0.05) is 24.5 Å². The number of likely N-dealkylation sites (N-methyl/N-ethyl adjacent to an activating group) is 1. The second-order valence-corrected chi connectivity index (χ2v) is 5.77. The minimum absolute atomic E-state index is 0.224. The number of nitrogens with two attached hydrogens (primary N) is 1. The molecule has 0 spiro atoms.